The van der Waals surface area contributed by atoms with Crippen molar-refractivity contribution >= 4 is 17.8 Å². The van der Waals surface area contributed by atoms with E-state index in [9.17, 15) is 25.1 Å². The summed E-state index contributed by atoms with van der Waals surface area (Å²) in [6.45, 7) is 0. The van der Waals surface area contributed by atoms with Gasteiger partial charge in [-0.05, 0) is 24.3 Å². The van der Waals surface area contributed by atoms with Crippen LogP contribution in [0.1, 0.15) is 15.9 Å². The Labute approximate surface area is 124 Å². The Morgan fingerprint density at radius 2 is 1.95 bits per heavy atom. The van der Waals surface area contributed by atoms with Gasteiger partial charge in [-0.25, -0.2) is 5.43 Å². The number of hydrazone groups is 1. The van der Waals surface area contributed by atoms with E-state index in [1.54, 1.807) is 12.1 Å². The van der Waals surface area contributed by atoms with Crippen molar-refractivity contribution in [2.45, 2.75) is 0 Å². The number of nitro benzene ring substituents is 1. The van der Waals surface area contributed by atoms with Gasteiger partial charge in [0.25, 0.3) is 11.6 Å². The zero-order valence-corrected chi connectivity index (χ0v) is 11.1. The fraction of sp³-hybridized carbons (Fsp3) is 0. The molecule has 0 aliphatic rings. The van der Waals surface area contributed by atoms with Crippen LogP contribution in [0, 0.1) is 10.1 Å². The van der Waals surface area contributed by atoms with Crippen LogP contribution in [0.25, 0.3) is 0 Å². The Morgan fingerprint density at radius 1 is 1.23 bits per heavy atom. The number of nitrogens with zero attached hydrogens (tertiary/aromatic N) is 2. The molecule has 0 unspecified atom stereocenters. The van der Waals surface area contributed by atoms with Gasteiger partial charge in [0.05, 0.1) is 22.3 Å². The first kappa shape index (κ1) is 15.0. The molecule has 0 aromatic heterocycles. The van der Waals surface area contributed by atoms with Gasteiger partial charge in [-0.3, -0.25) is 14.9 Å². The van der Waals surface area contributed by atoms with Crippen LogP contribution in [0.15, 0.2) is 47.6 Å². The van der Waals surface area contributed by atoms with Crippen molar-refractivity contribution < 1.29 is 19.9 Å². The highest BCUT2D eigenvalue weighted by Gasteiger charge is 2.13. The fourth-order valence-electron chi connectivity index (χ4n) is 1.70. The maximum absolute atomic E-state index is 11.8. The minimum atomic E-state index is -0.669. The van der Waals surface area contributed by atoms with E-state index in [-0.39, 0.29) is 28.3 Å². The summed E-state index contributed by atoms with van der Waals surface area (Å²) in [5.41, 5.74) is 1.92. The molecule has 0 aliphatic carbocycles. The van der Waals surface area contributed by atoms with Crippen LogP contribution in [0.5, 0.6) is 11.5 Å². The zero-order chi connectivity index (χ0) is 16.1. The number of phenolic OH excluding ortho intramolecular Hbond substituents is 2. The van der Waals surface area contributed by atoms with E-state index < -0.39 is 10.8 Å². The zero-order valence-electron chi connectivity index (χ0n) is 11.1. The van der Waals surface area contributed by atoms with Gasteiger partial charge in [0, 0.05) is 6.07 Å². The minimum Gasteiger partial charge on any atom is -0.508 e. The minimum absolute atomic E-state index is 0.0186. The Hall–Kier alpha value is -3.42. The van der Waals surface area contributed by atoms with Crippen molar-refractivity contribution in [3.63, 3.8) is 0 Å². The number of carbonyl (C=O) groups is 1. The molecule has 0 fully saturated rings. The maximum Gasteiger partial charge on any atom is 0.278 e. The number of hydrogen-bond donors (Lipinski definition) is 3. The number of hydrogen-bond acceptors (Lipinski definition) is 6. The van der Waals surface area contributed by atoms with E-state index in [1.165, 1.54) is 18.2 Å². The summed E-state index contributed by atoms with van der Waals surface area (Å²) >= 11 is 0. The van der Waals surface area contributed by atoms with Gasteiger partial charge in [-0.15, -0.1) is 0 Å². The summed E-state index contributed by atoms with van der Waals surface area (Å²) < 4.78 is 0. The Kier molecular flexibility index (Phi) is 4.33. The standard InChI is InChI=1S/C14H11N3O5/c18-10-5-6-12(17(21)22)9(7-10)8-15-16-14(20)11-3-1-2-4-13(11)19/h1-8,18-19H,(H,16,20). The number of para-hydroxylation sites is 1. The van der Waals surface area contributed by atoms with Gasteiger partial charge in [-0.1, -0.05) is 12.1 Å². The number of nitro groups is 1. The molecule has 0 bridgehead atoms. The second-order valence-electron chi connectivity index (χ2n) is 4.22. The van der Waals surface area contributed by atoms with Gasteiger partial charge in [0.1, 0.15) is 11.5 Å². The molecular formula is C14H11N3O5. The lowest BCUT2D eigenvalue weighted by Crippen LogP contribution is -2.17. The van der Waals surface area contributed by atoms with E-state index in [4.69, 9.17) is 0 Å². The van der Waals surface area contributed by atoms with E-state index in [2.05, 4.69) is 10.5 Å². The van der Waals surface area contributed by atoms with Crippen molar-refractivity contribution in [3.8, 4) is 11.5 Å². The first-order valence-corrected chi connectivity index (χ1v) is 6.08. The third-order valence-corrected chi connectivity index (χ3v) is 2.73. The monoisotopic (exact) mass is 301 g/mol. The van der Waals surface area contributed by atoms with Gasteiger partial charge in [-0.2, -0.15) is 5.10 Å². The fourth-order valence-corrected chi connectivity index (χ4v) is 1.70. The molecule has 0 radical (unpaired) electrons. The van der Waals surface area contributed by atoms with E-state index >= 15 is 0 Å². The summed E-state index contributed by atoms with van der Waals surface area (Å²) in [5.74, 6) is -1.05. The number of aromatic hydroxyl groups is 2. The lowest BCUT2D eigenvalue weighted by atomic mass is 10.2. The van der Waals surface area contributed by atoms with Crippen LogP contribution >= 0.6 is 0 Å². The molecule has 3 N–H and O–H groups in total. The van der Waals surface area contributed by atoms with Crippen LogP contribution in [0.3, 0.4) is 0 Å². The highest BCUT2D eigenvalue weighted by molar-refractivity contribution is 5.97. The quantitative estimate of drug-likeness (QED) is 0.451. The number of benzene rings is 2. The van der Waals surface area contributed by atoms with Crippen molar-refractivity contribution in [2.24, 2.45) is 5.10 Å². The molecule has 22 heavy (non-hydrogen) atoms. The summed E-state index contributed by atoms with van der Waals surface area (Å²) in [6, 6.07) is 9.32. The van der Waals surface area contributed by atoms with Gasteiger partial charge in [0.15, 0.2) is 0 Å². The third kappa shape index (κ3) is 3.37. The Morgan fingerprint density at radius 3 is 2.64 bits per heavy atom. The predicted molar refractivity (Wildman–Crippen MR) is 77.9 cm³/mol. The maximum atomic E-state index is 11.8. The predicted octanol–water partition coefficient (Wildman–Crippen LogP) is 1.77. The van der Waals surface area contributed by atoms with E-state index in [1.807, 2.05) is 0 Å². The van der Waals surface area contributed by atoms with Gasteiger partial charge < -0.3 is 10.2 Å². The summed E-state index contributed by atoms with van der Waals surface area (Å²) in [5, 5.41) is 33.3. The SMILES string of the molecule is O=C(NN=Cc1cc(O)ccc1[N+](=O)[O-])c1ccccc1O. The molecule has 1 amide bonds. The topological polar surface area (TPSA) is 125 Å². The summed E-state index contributed by atoms with van der Waals surface area (Å²) in [6.07, 6.45) is 1.04. The second-order valence-corrected chi connectivity index (χ2v) is 4.22. The smallest absolute Gasteiger partial charge is 0.278 e. The first-order chi connectivity index (χ1) is 10.5. The Balaban J connectivity index is 2.17. The summed E-state index contributed by atoms with van der Waals surface area (Å²) in [7, 11) is 0. The van der Waals surface area contributed by atoms with Crippen molar-refractivity contribution in [1.82, 2.24) is 5.43 Å². The van der Waals surface area contributed by atoms with E-state index in [0.717, 1.165) is 18.3 Å². The first-order valence-electron chi connectivity index (χ1n) is 6.08. The molecule has 0 saturated heterocycles. The molecule has 0 atom stereocenters. The number of amides is 1. The average Bonchev–Trinajstić information content (AvgIpc) is 2.47. The van der Waals surface area contributed by atoms with Crippen LogP contribution in [0.2, 0.25) is 0 Å². The van der Waals surface area contributed by atoms with Crippen LogP contribution < -0.4 is 5.43 Å². The number of rotatable bonds is 4. The molecule has 8 nitrogen and oxygen atoms in total. The molecule has 2 aromatic carbocycles. The molecule has 2 aromatic rings. The Bertz CT molecular complexity index is 758. The van der Waals surface area contributed by atoms with Crippen LogP contribution in [-0.2, 0) is 0 Å². The number of phenols is 2. The highest BCUT2D eigenvalue weighted by atomic mass is 16.6. The molecule has 2 rings (SSSR count). The molecule has 0 spiro atoms. The third-order valence-electron chi connectivity index (χ3n) is 2.73. The molecule has 0 heterocycles. The van der Waals surface area contributed by atoms with Crippen LogP contribution in [-0.4, -0.2) is 27.3 Å². The lowest BCUT2D eigenvalue weighted by Gasteiger charge is -2.02. The average molecular weight is 301 g/mol. The van der Waals surface area contributed by atoms with Crippen molar-refractivity contribution in [2.75, 3.05) is 0 Å². The highest BCUT2D eigenvalue weighted by Crippen LogP contribution is 2.21. The molecule has 0 aliphatic heterocycles. The van der Waals surface area contributed by atoms with Crippen LogP contribution in [0.4, 0.5) is 5.69 Å². The van der Waals surface area contributed by atoms with Crippen molar-refractivity contribution in [1.29, 1.82) is 0 Å². The lowest BCUT2D eigenvalue weighted by molar-refractivity contribution is -0.385. The summed E-state index contributed by atoms with van der Waals surface area (Å²) in [4.78, 5) is 22.0. The van der Waals surface area contributed by atoms with Gasteiger partial charge in [0.2, 0.25) is 0 Å². The molecular weight excluding hydrogens is 290 g/mol. The van der Waals surface area contributed by atoms with Gasteiger partial charge >= 0.3 is 0 Å². The molecule has 8 heteroatoms. The van der Waals surface area contributed by atoms with E-state index in [0.29, 0.717) is 0 Å². The van der Waals surface area contributed by atoms with Crippen molar-refractivity contribution in [3.05, 3.63) is 63.7 Å². The number of nitrogens with one attached hydrogen (secondary N) is 1. The largest absolute Gasteiger partial charge is 0.508 e. The number of carbonyl (C=O) groups excluding carboxylic acids is 1. The normalized spacial score (nSPS) is 10.5. The molecule has 112 valence electrons. The molecule has 0 saturated carbocycles. The second kappa shape index (κ2) is 6.35.